The van der Waals surface area contributed by atoms with Crippen LogP contribution in [0.25, 0.3) is 10.8 Å². The number of halogens is 6. The van der Waals surface area contributed by atoms with Crippen LogP contribution in [-0.2, 0) is 5.92 Å². The lowest BCUT2D eigenvalue weighted by molar-refractivity contribution is -0.234. The molecule has 101 valence electrons. The van der Waals surface area contributed by atoms with Crippen molar-refractivity contribution in [1.29, 1.82) is 0 Å². The van der Waals surface area contributed by atoms with Crippen molar-refractivity contribution < 1.29 is 26.3 Å². The molecule has 0 aromatic heterocycles. The largest absolute Gasteiger partial charge is 0.385 e. The highest BCUT2D eigenvalue weighted by atomic mass is 19.3. The van der Waals surface area contributed by atoms with Crippen LogP contribution in [0.1, 0.15) is 5.56 Å². The Bertz CT molecular complexity index is 585. The SMILES string of the molecule is F[C](F)C(F)(F)C(F)(F)c1cccc2ccccc12. The molecule has 0 nitrogen and oxygen atoms in total. The Hall–Kier alpha value is -1.72. The Labute approximate surface area is 104 Å². The minimum absolute atomic E-state index is 0.184. The van der Waals surface area contributed by atoms with Crippen molar-refractivity contribution in [3.05, 3.63) is 54.5 Å². The third kappa shape index (κ3) is 2.05. The van der Waals surface area contributed by atoms with Crippen LogP contribution < -0.4 is 0 Å². The zero-order valence-electron chi connectivity index (χ0n) is 9.31. The first-order chi connectivity index (χ1) is 8.78. The van der Waals surface area contributed by atoms with Crippen molar-refractivity contribution in [1.82, 2.24) is 0 Å². The molecule has 2 aromatic carbocycles. The Morgan fingerprint density at radius 3 is 2.00 bits per heavy atom. The number of hydrogen-bond acceptors (Lipinski definition) is 0. The Morgan fingerprint density at radius 2 is 1.37 bits per heavy atom. The van der Waals surface area contributed by atoms with E-state index in [2.05, 4.69) is 0 Å². The van der Waals surface area contributed by atoms with Gasteiger partial charge in [0.25, 0.3) is 0 Å². The summed E-state index contributed by atoms with van der Waals surface area (Å²) in [4.78, 5) is 0. The van der Waals surface area contributed by atoms with Crippen molar-refractivity contribution in [3.8, 4) is 0 Å². The summed E-state index contributed by atoms with van der Waals surface area (Å²) in [5, 5.41) is 0.0886. The molecule has 0 saturated heterocycles. The Morgan fingerprint density at radius 1 is 0.789 bits per heavy atom. The van der Waals surface area contributed by atoms with E-state index in [1.165, 1.54) is 30.3 Å². The fraction of sp³-hybridized carbons (Fsp3) is 0.154. The van der Waals surface area contributed by atoms with Gasteiger partial charge >= 0.3 is 18.3 Å². The molecule has 6 heteroatoms. The van der Waals surface area contributed by atoms with Crippen molar-refractivity contribution in [2.45, 2.75) is 11.8 Å². The van der Waals surface area contributed by atoms with Gasteiger partial charge in [-0.2, -0.15) is 26.3 Å². The van der Waals surface area contributed by atoms with Gasteiger partial charge in [-0.25, -0.2) is 0 Å². The quantitative estimate of drug-likeness (QED) is 0.693. The first-order valence-electron chi connectivity index (χ1n) is 5.21. The van der Waals surface area contributed by atoms with Crippen LogP contribution in [0.15, 0.2) is 42.5 Å². The third-order valence-corrected chi connectivity index (χ3v) is 2.76. The van der Waals surface area contributed by atoms with Gasteiger partial charge in [-0.15, -0.1) is 0 Å². The van der Waals surface area contributed by atoms with Crippen LogP contribution in [0.2, 0.25) is 0 Å². The number of benzene rings is 2. The summed E-state index contributed by atoms with van der Waals surface area (Å²) in [6.45, 7) is 0. The van der Waals surface area contributed by atoms with Crippen LogP contribution in [0.3, 0.4) is 0 Å². The van der Waals surface area contributed by atoms with Gasteiger partial charge in [0.15, 0.2) is 0 Å². The molecule has 0 bridgehead atoms. The normalized spacial score (nSPS) is 13.2. The topological polar surface area (TPSA) is 0 Å². The summed E-state index contributed by atoms with van der Waals surface area (Å²) in [7, 11) is 0. The van der Waals surface area contributed by atoms with E-state index in [0.717, 1.165) is 12.1 Å². The Balaban J connectivity index is 2.67. The van der Waals surface area contributed by atoms with E-state index < -0.39 is 23.8 Å². The highest BCUT2D eigenvalue weighted by molar-refractivity contribution is 5.86. The van der Waals surface area contributed by atoms with E-state index in [9.17, 15) is 26.3 Å². The van der Waals surface area contributed by atoms with Gasteiger partial charge in [-0.1, -0.05) is 42.5 Å². The van der Waals surface area contributed by atoms with Gasteiger partial charge in [0, 0.05) is 5.56 Å². The molecule has 0 aliphatic carbocycles. The predicted molar refractivity (Wildman–Crippen MR) is 58.2 cm³/mol. The molecule has 0 spiro atoms. The summed E-state index contributed by atoms with van der Waals surface area (Å²) in [5.41, 5.74) is -1.12. The zero-order valence-corrected chi connectivity index (χ0v) is 9.31. The van der Waals surface area contributed by atoms with E-state index >= 15 is 0 Å². The second-order valence-electron chi connectivity index (χ2n) is 3.94. The number of rotatable bonds is 3. The van der Waals surface area contributed by atoms with Gasteiger partial charge < -0.3 is 0 Å². The lowest BCUT2D eigenvalue weighted by Crippen LogP contribution is -2.40. The molecule has 0 atom stereocenters. The molecule has 0 unspecified atom stereocenters. The highest BCUT2D eigenvalue weighted by Crippen LogP contribution is 2.50. The maximum absolute atomic E-state index is 13.7. The van der Waals surface area contributed by atoms with E-state index in [4.69, 9.17) is 0 Å². The fourth-order valence-corrected chi connectivity index (χ4v) is 1.79. The molecule has 0 heterocycles. The summed E-state index contributed by atoms with van der Waals surface area (Å²) < 4.78 is 77.5. The average molecular weight is 277 g/mol. The molecule has 19 heavy (non-hydrogen) atoms. The van der Waals surface area contributed by atoms with Gasteiger partial charge in [0.1, 0.15) is 0 Å². The van der Waals surface area contributed by atoms with Gasteiger partial charge in [0.2, 0.25) is 0 Å². The van der Waals surface area contributed by atoms with Crippen molar-refractivity contribution in [2.75, 3.05) is 0 Å². The summed E-state index contributed by atoms with van der Waals surface area (Å²) in [6.07, 6.45) is -3.61. The molecule has 2 rings (SSSR count). The van der Waals surface area contributed by atoms with Crippen molar-refractivity contribution >= 4 is 10.8 Å². The third-order valence-electron chi connectivity index (χ3n) is 2.76. The highest BCUT2D eigenvalue weighted by Gasteiger charge is 2.65. The molecule has 0 aliphatic heterocycles. The lowest BCUT2D eigenvalue weighted by atomic mass is 9.96. The van der Waals surface area contributed by atoms with Gasteiger partial charge in [-0.3, -0.25) is 0 Å². The molecule has 0 aliphatic rings. The van der Waals surface area contributed by atoms with Crippen LogP contribution in [-0.4, -0.2) is 5.92 Å². The van der Waals surface area contributed by atoms with Gasteiger partial charge in [0.05, 0.1) is 0 Å². The molecule has 1 radical (unpaired) electrons. The average Bonchev–Trinajstić information content (AvgIpc) is 2.37. The Kier molecular flexibility index (Phi) is 3.20. The first kappa shape index (κ1) is 13.7. The van der Waals surface area contributed by atoms with E-state index in [1.807, 2.05) is 0 Å². The van der Waals surface area contributed by atoms with Crippen molar-refractivity contribution in [2.24, 2.45) is 0 Å². The fourth-order valence-electron chi connectivity index (χ4n) is 1.79. The molecule has 0 fully saturated rings. The summed E-state index contributed by atoms with van der Waals surface area (Å²) >= 11 is 0. The van der Waals surface area contributed by atoms with Crippen molar-refractivity contribution in [3.63, 3.8) is 0 Å². The van der Waals surface area contributed by atoms with Crippen LogP contribution in [0, 0.1) is 6.43 Å². The standard InChI is InChI=1S/C13H7F6/c14-11(15)13(18,19)12(16,17)10-7-3-5-8-4-1-2-6-9(8)10/h1-7H. The monoisotopic (exact) mass is 277 g/mol. The van der Waals surface area contributed by atoms with E-state index in [1.54, 1.807) is 0 Å². The van der Waals surface area contributed by atoms with Crippen LogP contribution in [0.5, 0.6) is 0 Å². The minimum Gasteiger partial charge on any atom is -0.194 e. The second-order valence-corrected chi connectivity index (χ2v) is 3.94. The van der Waals surface area contributed by atoms with E-state index in [0.29, 0.717) is 0 Å². The number of hydrogen-bond donors (Lipinski definition) is 0. The molecular weight excluding hydrogens is 270 g/mol. The molecule has 0 amide bonds. The first-order valence-corrected chi connectivity index (χ1v) is 5.21. The second kappa shape index (κ2) is 4.43. The molecule has 0 saturated carbocycles. The predicted octanol–water partition coefficient (Wildman–Crippen LogP) is 5.00. The summed E-state index contributed by atoms with van der Waals surface area (Å²) in [6, 6.07) is 8.80. The van der Waals surface area contributed by atoms with E-state index in [-0.39, 0.29) is 10.8 Å². The van der Waals surface area contributed by atoms with Gasteiger partial charge in [-0.05, 0) is 10.8 Å². The smallest absolute Gasteiger partial charge is 0.194 e. The number of alkyl halides is 4. The maximum atomic E-state index is 13.7. The maximum Gasteiger partial charge on any atom is 0.385 e. The zero-order chi connectivity index (χ0) is 14.3. The minimum atomic E-state index is -5.50. The molecular formula is C13H7F6. The van der Waals surface area contributed by atoms with Crippen LogP contribution in [0.4, 0.5) is 26.3 Å². The van der Waals surface area contributed by atoms with Crippen LogP contribution >= 0.6 is 0 Å². The number of fused-ring (bicyclic) bond motifs is 1. The lowest BCUT2D eigenvalue weighted by Gasteiger charge is -2.26. The molecule has 0 N–H and O–H groups in total. The molecule has 2 aromatic rings. The summed E-state index contributed by atoms with van der Waals surface area (Å²) in [5.74, 6) is -10.5.